The van der Waals surface area contributed by atoms with Crippen molar-refractivity contribution in [3.05, 3.63) is 35.8 Å². The minimum Gasteiger partial charge on any atom is -0.457 e. The number of carbonyl (C=O) groups is 3. The lowest BCUT2D eigenvalue weighted by molar-refractivity contribution is -0.183. The van der Waals surface area contributed by atoms with E-state index in [9.17, 15) is 24.6 Å². The molecule has 5 rings (SSSR count). The SMILES string of the molecule is C[C@]12CCC(=O)C=C1CC[C@@H]1[C@@H]2C(O)C[C@@]2(C)[C@H]1CC[C@]2(OC(=O)c1ccco1)C(=O)CO. The van der Waals surface area contributed by atoms with E-state index in [4.69, 9.17) is 9.15 Å². The van der Waals surface area contributed by atoms with E-state index in [1.807, 2.05) is 6.92 Å². The lowest BCUT2D eigenvalue weighted by Crippen LogP contribution is -2.63. The number of ether oxygens (including phenoxy) is 1. The Labute approximate surface area is 193 Å². The highest BCUT2D eigenvalue weighted by Crippen LogP contribution is 2.68. The normalized spacial score (nSPS) is 42.1. The van der Waals surface area contributed by atoms with Crippen LogP contribution in [0, 0.1) is 28.6 Å². The maximum absolute atomic E-state index is 13.2. The molecule has 0 radical (unpaired) electrons. The Hall–Kier alpha value is -2.25. The lowest BCUT2D eigenvalue weighted by atomic mass is 9.45. The van der Waals surface area contributed by atoms with Crippen LogP contribution in [-0.4, -0.2) is 46.1 Å². The lowest BCUT2D eigenvalue weighted by Gasteiger charge is -2.60. The zero-order valence-electron chi connectivity index (χ0n) is 19.2. The second-order valence-corrected chi connectivity index (χ2v) is 10.9. The van der Waals surface area contributed by atoms with E-state index in [1.54, 1.807) is 12.1 Å². The number of furan rings is 1. The molecule has 1 aromatic heterocycles. The molecule has 0 spiro atoms. The molecule has 7 heteroatoms. The molecular weight excluding hydrogens is 424 g/mol. The fourth-order valence-electron chi connectivity index (χ4n) is 8.09. The van der Waals surface area contributed by atoms with Crippen LogP contribution in [0.1, 0.15) is 69.3 Å². The second kappa shape index (κ2) is 7.64. The quantitative estimate of drug-likeness (QED) is 0.669. The fraction of sp³-hybridized carbons (Fsp3) is 0.654. The molecule has 7 nitrogen and oxygen atoms in total. The summed E-state index contributed by atoms with van der Waals surface area (Å²) in [5, 5.41) is 21.4. The van der Waals surface area contributed by atoms with Gasteiger partial charge in [0, 0.05) is 11.8 Å². The van der Waals surface area contributed by atoms with Crippen molar-refractivity contribution < 1.29 is 33.8 Å². The van der Waals surface area contributed by atoms with Crippen molar-refractivity contribution in [3.8, 4) is 0 Å². The number of carbonyl (C=O) groups excluding carboxylic acids is 3. The average Bonchev–Trinajstić information content (AvgIpc) is 3.41. The summed E-state index contributed by atoms with van der Waals surface area (Å²) in [7, 11) is 0. The van der Waals surface area contributed by atoms with Gasteiger partial charge in [0.1, 0.15) is 6.61 Å². The van der Waals surface area contributed by atoms with Crippen LogP contribution in [0.15, 0.2) is 34.5 Å². The molecule has 7 atom stereocenters. The van der Waals surface area contributed by atoms with E-state index in [0.717, 1.165) is 24.8 Å². The topological polar surface area (TPSA) is 114 Å². The van der Waals surface area contributed by atoms with Crippen molar-refractivity contribution in [2.45, 2.75) is 70.5 Å². The van der Waals surface area contributed by atoms with Gasteiger partial charge in [-0.05, 0) is 79.9 Å². The maximum atomic E-state index is 13.2. The first-order valence-corrected chi connectivity index (χ1v) is 12.0. The number of hydrogen-bond acceptors (Lipinski definition) is 7. The van der Waals surface area contributed by atoms with Crippen LogP contribution >= 0.6 is 0 Å². The number of fused-ring (bicyclic) bond motifs is 5. The molecule has 2 N–H and O–H groups in total. The summed E-state index contributed by atoms with van der Waals surface area (Å²) in [6.45, 7) is 3.38. The molecule has 0 saturated heterocycles. The van der Waals surface area contributed by atoms with Crippen molar-refractivity contribution in [2.24, 2.45) is 28.6 Å². The Balaban J connectivity index is 1.53. The van der Waals surface area contributed by atoms with Crippen LogP contribution in [0.4, 0.5) is 0 Å². The van der Waals surface area contributed by atoms with Gasteiger partial charge in [0.2, 0.25) is 11.5 Å². The first-order chi connectivity index (χ1) is 15.7. The first-order valence-electron chi connectivity index (χ1n) is 12.0. The van der Waals surface area contributed by atoms with Gasteiger partial charge in [-0.2, -0.15) is 0 Å². The van der Waals surface area contributed by atoms with Crippen LogP contribution in [0.5, 0.6) is 0 Å². The summed E-state index contributed by atoms with van der Waals surface area (Å²) in [4.78, 5) is 38.2. The predicted octanol–water partition coefficient (Wildman–Crippen LogP) is 3.24. The number of ketones is 2. The Bertz CT molecular complexity index is 1010. The van der Waals surface area contributed by atoms with Crippen LogP contribution in [0.2, 0.25) is 0 Å². The van der Waals surface area contributed by atoms with E-state index >= 15 is 0 Å². The number of Topliss-reactive ketones (excluding diaryl/α,β-unsaturated/α-hetero) is 1. The zero-order valence-corrected chi connectivity index (χ0v) is 19.2. The van der Waals surface area contributed by atoms with Crippen LogP contribution < -0.4 is 0 Å². The highest BCUT2D eigenvalue weighted by molar-refractivity contribution is 5.95. The molecule has 0 bridgehead atoms. The van der Waals surface area contributed by atoms with E-state index < -0.39 is 35.5 Å². The summed E-state index contributed by atoms with van der Waals surface area (Å²) in [5.41, 5.74) is -1.42. The summed E-state index contributed by atoms with van der Waals surface area (Å²) in [6, 6.07) is 3.06. The van der Waals surface area contributed by atoms with Gasteiger partial charge in [-0.15, -0.1) is 0 Å². The fourth-order valence-corrected chi connectivity index (χ4v) is 8.09. The number of aliphatic hydroxyl groups is 2. The third kappa shape index (κ3) is 3.04. The Morgan fingerprint density at radius 3 is 2.70 bits per heavy atom. The Morgan fingerprint density at radius 2 is 2.00 bits per heavy atom. The van der Waals surface area contributed by atoms with Crippen molar-refractivity contribution in [1.82, 2.24) is 0 Å². The summed E-state index contributed by atoms with van der Waals surface area (Å²) in [6.07, 6.45) is 6.59. The molecule has 0 aromatic carbocycles. The molecule has 0 aliphatic heterocycles. The van der Waals surface area contributed by atoms with Gasteiger partial charge in [-0.1, -0.05) is 19.4 Å². The molecule has 1 unspecified atom stereocenters. The smallest absolute Gasteiger partial charge is 0.375 e. The van der Waals surface area contributed by atoms with Gasteiger partial charge in [0.25, 0.3) is 0 Å². The summed E-state index contributed by atoms with van der Waals surface area (Å²) in [5.74, 6) is -0.894. The molecule has 0 amide bonds. The average molecular weight is 457 g/mol. The van der Waals surface area contributed by atoms with Crippen LogP contribution in [-0.2, 0) is 14.3 Å². The zero-order chi connectivity index (χ0) is 23.6. The molecule has 4 aliphatic carbocycles. The standard InChI is InChI=1S/C26H32O7/c1-24-9-7-16(28)12-15(24)5-6-17-18-8-10-26(21(30)14-27,25(18,2)13-19(29)22(17)24)33-23(31)20-4-3-11-32-20/h3-4,11-12,17-19,22,27,29H,5-10,13-14H2,1-2H3/t17-,18-,19?,22+,24-,25-,26-/m0/s1. The van der Waals surface area contributed by atoms with E-state index in [0.29, 0.717) is 25.7 Å². The molecule has 3 fully saturated rings. The maximum Gasteiger partial charge on any atom is 0.375 e. The predicted molar refractivity (Wildman–Crippen MR) is 117 cm³/mol. The van der Waals surface area contributed by atoms with Crippen molar-refractivity contribution in [3.63, 3.8) is 0 Å². The molecular formula is C26H32O7. The molecule has 1 aromatic rings. The third-order valence-corrected chi connectivity index (χ3v) is 9.60. The van der Waals surface area contributed by atoms with Gasteiger partial charge in [-0.25, -0.2) is 4.79 Å². The highest BCUT2D eigenvalue weighted by atomic mass is 16.6. The van der Waals surface area contributed by atoms with Gasteiger partial charge in [0.05, 0.1) is 12.4 Å². The van der Waals surface area contributed by atoms with Crippen LogP contribution in [0.25, 0.3) is 0 Å². The molecule has 1 heterocycles. The second-order valence-electron chi connectivity index (χ2n) is 10.9. The molecule has 4 aliphatic rings. The van der Waals surface area contributed by atoms with Crippen molar-refractivity contribution >= 4 is 17.5 Å². The van der Waals surface area contributed by atoms with Gasteiger partial charge < -0.3 is 19.4 Å². The van der Waals surface area contributed by atoms with E-state index in [2.05, 4.69) is 6.92 Å². The number of hydrogen-bond donors (Lipinski definition) is 2. The van der Waals surface area contributed by atoms with Crippen LogP contribution in [0.3, 0.4) is 0 Å². The molecule has 33 heavy (non-hydrogen) atoms. The Kier molecular flexibility index (Phi) is 5.21. The highest BCUT2D eigenvalue weighted by Gasteiger charge is 2.70. The molecule has 3 saturated carbocycles. The van der Waals surface area contributed by atoms with Gasteiger partial charge in [-0.3, -0.25) is 9.59 Å². The molecule has 178 valence electrons. The van der Waals surface area contributed by atoms with Gasteiger partial charge >= 0.3 is 5.97 Å². The largest absolute Gasteiger partial charge is 0.457 e. The summed E-state index contributed by atoms with van der Waals surface area (Å²) >= 11 is 0. The Morgan fingerprint density at radius 1 is 1.21 bits per heavy atom. The van der Waals surface area contributed by atoms with Crippen molar-refractivity contribution in [2.75, 3.05) is 6.61 Å². The number of aliphatic hydroxyl groups excluding tert-OH is 2. The van der Waals surface area contributed by atoms with Gasteiger partial charge in [0.15, 0.2) is 11.4 Å². The number of rotatable bonds is 4. The minimum absolute atomic E-state index is 0.00762. The van der Waals surface area contributed by atoms with E-state index in [-0.39, 0.29) is 34.7 Å². The minimum atomic E-state index is -1.51. The number of allylic oxidation sites excluding steroid dienone is 1. The van der Waals surface area contributed by atoms with E-state index in [1.165, 1.54) is 12.3 Å². The monoisotopic (exact) mass is 456 g/mol. The van der Waals surface area contributed by atoms with Crippen molar-refractivity contribution in [1.29, 1.82) is 0 Å². The third-order valence-electron chi connectivity index (χ3n) is 9.60. The summed E-state index contributed by atoms with van der Waals surface area (Å²) < 4.78 is 11.1. The first kappa shape index (κ1) is 22.5. The number of esters is 1.